The smallest absolute Gasteiger partial charge is 0.462 e. The summed E-state index contributed by atoms with van der Waals surface area (Å²) in [6.07, 6.45) is 47.2. The Kier molecular flexibility index (Phi) is 33.7. The van der Waals surface area contributed by atoms with Gasteiger partial charge in [-0.1, -0.05) is 152 Å². The van der Waals surface area contributed by atoms with E-state index in [9.17, 15) is 14.2 Å². The van der Waals surface area contributed by atoms with Crippen LogP contribution in [0.3, 0.4) is 0 Å². The van der Waals surface area contributed by atoms with Gasteiger partial charge in [0.25, 0.3) is 0 Å². The summed E-state index contributed by atoms with van der Waals surface area (Å²) in [5, 5.41) is 0. The van der Waals surface area contributed by atoms with Crippen molar-refractivity contribution in [1.82, 2.24) is 0 Å². The van der Waals surface area contributed by atoms with Gasteiger partial charge >= 0.3 is 19.8 Å². The fourth-order valence-corrected chi connectivity index (χ4v) is 6.64. The Morgan fingerprint density at radius 2 is 1.00 bits per heavy atom. The van der Waals surface area contributed by atoms with Crippen molar-refractivity contribution in [3.63, 3.8) is 0 Å². The number of esters is 2. The minimum absolute atomic E-state index is 0.130. The van der Waals surface area contributed by atoms with Crippen molar-refractivity contribution >= 4 is 19.8 Å². The van der Waals surface area contributed by atoms with E-state index in [1.165, 1.54) is 103 Å². The summed E-state index contributed by atoms with van der Waals surface area (Å²) in [4.78, 5) is 42.9. The lowest BCUT2D eigenvalue weighted by Crippen LogP contribution is -2.29. The van der Waals surface area contributed by atoms with Gasteiger partial charge in [0.2, 0.25) is 0 Å². The third kappa shape index (κ3) is 36.1. The van der Waals surface area contributed by atoms with Crippen molar-refractivity contribution in [3.8, 4) is 0 Å². The molecule has 0 amide bonds. The van der Waals surface area contributed by atoms with Gasteiger partial charge in [0.1, 0.15) is 6.61 Å². The third-order valence-corrected chi connectivity index (χ3v) is 10.2. The fraction of sp³-hybridized carbons (Fsp3) is 0.778. The van der Waals surface area contributed by atoms with Gasteiger partial charge in [-0.05, 0) is 77.0 Å². The molecule has 2 N–H and O–H groups in total. The van der Waals surface area contributed by atoms with Crippen molar-refractivity contribution in [1.29, 1.82) is 0 Å². The van der Waals surface area contributed by atoms with Crippen LogP contribution in [-0.2, 0) is 32.9 Å². The van der Waals surface area contributed by atoms with Gasteiger partial charge in [0, 0.05) is 12.8 Å². The highest BCUT2D eigenvalue weighted by atomic mass is 31.2. The molecule has 2 unspecified atom stereocenters. The summed E-state index contributed by atoms with van der Waals surface area (Å²) in [6.45, 7) is 3.60. The van der Waals surface area contributed by atoms with Gasteiger partial charge in [0.15, 0.2) is 6.10 Å². The molecule has 0 aromatic carbocycles. The summed E-state index contributed by atoms with van der Waals surface area (Å²) in [6, 6.07) is 0. The molecule has 0 radical (unpaired) electrons. The predicted octanol–water partition coefficient (Wildman–Crippen LogP) is 12.5. The van der Waals surface area contributed by atoms with E-state index < -0.39 is 32.5 Å². The molecule has 1 aliphatic heterocycles. The maximum Gasteiger partial charge on any atom is 0.469 e. The van der Waals surface area contributed by atoms with Gasteiger partial charge < -0.3 is 24.0 Å². The number of phosphoric acid groups is 1. The van der Waals surface area contributed by atoms with Crippen LogP contribution < -0.4 is 0 Å². The van der Waals surface area contributed by atoms with E-state index in [0.717, 1.165) is 44.9 Å². The molecule has 0 bridgehead atoms. The number of carbonyl (C=O) groups is 2. The molecule has 1 saturated heterocycles. The van der Waals surface area contributed by atoms with Crippen molar-refractivity contribution in [2.24, 2.45) is 0 Å². The Morgan fingerprint density at radius 1 is 0.564 bits per heavy atom. The zero-order valence-electron chi connectivity index (χ0n) is 34.8. The number of rotatable bonds is 39. The van der Waals surface area contributed by atoms with E-state index in [1.807, 2.05) is 6.08 Å². The Labute approximate surface area is 335 Å². The lowest BCUT2D eigenvalue weighted by atomic mass is 10.1. The number of hydrogen-bond acceptors (Lipinski definition) is 7. The van der Waals surface area contributed by atoms with Gasteiger partial charge in [0.05, 0.1) is 18.8 Å². The molecule has 0 aliphatic carbocycles. The quantitative estimate of drug-likeness (QED) is 0.0205. The first-order valence-electron chi connectivity index (χ1n) is 22.1. The van der Waals surface area contributed by atoms with E-state index in [1.54, 1.807) is 0 Å². The third-order valence-electron chi connectivity index (χ3n) is 9.72. The summed E-state index contributed by atoms with van der Waals surface area (Å²) < 4.78 is 32.1. The molecule has 10 heteroatoms. The Bertz CT molecular complexity index is 1100. The molecule has 318 valence electrons. The Hall–Kier alpha value is -2.03. The van der Waals surface area contributed by atoms with Crippen molar-refractivity contribution < 1.29 is 42.7 Å². The van der Waals surface area contributed by atoms with Gasteiger partial charge in [-0.15, -0.1) is 0 Å². The molecule has 3 atom stereocenters. The fourth-order valence-electron chi connectivity index (χ4n) is 6.28. The van der Waals surface area contributed by atoms with Crippen molar-refractivity contribution in [2.45, 2.75) is 212 Å². The topological polar surface area (TPSA) is 132 Å². The van der Waals surface area contributed by atoms with Crippen molar-refractivity contribution in [3.05, 3.63) is 48.6 Å². The maximum atomic E-state index is 12.4. The minimum Gasteiger partial charge on any atom is -0.462 e. The van der Waals surface area contributed by atoms with Crippen molar-refractivity contribution in [2.75, 3.05) is 13.2 Å². The van der Waals surface area contributed by atoms with Crippen LogP contribution >= 0.6 is 7.82 Å². The molecular weight excluding hydrogens is 715 g/mol. The molecular formula is C45H79O9P. The van der Waals surface area contributed by atoms with Crippen LogP contribution in [0.5, 0.6) is 0 Å². The second-order valence-corrected chi connectivity index (χ2v) is 16.3. The summed E-state index contributed by atoms with van der Waals surface area (Å²) in [5.41, 5.74) is 0. The molecule has 0 spiro atoms. The number of carbonyl (C=O) groups excluding carboxylic acids is 2. The van der Waals surface area contributed by atoms with Gasteiger partial charge in [-0.25, -0.2) is 4.57 Å². The number of ether oxygens (including phenoxy) is 3. The van der Waals surface area contributed by atoms with Gasteiger partial charge in [-0.2, -0.15) is 0 Å². The highest BCUT2D eigenvalue weighted by Crippen LogP contribution is 2.36. The van der Waals surface area contributed by atoms with Gasteiger partial charge in [-0.3, -0.25) is 14.1 Å². The normalized spacial score (nSPS) is 16.6. The van der Waals surface area contributed by atoms with E-state index in [4.69, 9.17) is 24.0 Å². The second-order valence-electron chi connectivity index (χ2n) is 15.1. The zero-order chi connectivity index (χ0) is 40.1. The van der Waals surface area contributed by atoms with Crippen LogP contribution in [0.4, 0.5) is 0 Å². The highest BCUT2D eigenvalue weighted by Gasteiger charge is 2.36. The molecule has 0 aromatic rings. The number of hydrogen-bond donors (Lipinski definition) is 2. The number of unbranched alkanes of at least 4 members (excludes halogenated alkanes) is 19. The van der Waals surface area contributed by atoms with Crippen LogP contribution in [0.1, 0.15) is 194 Å². The zero-order valence-corrected chi connectivity index (χ0v) is 35.7. The van der Waals surface area contributed by atoms with E-state index in [-0.39, 0.29) is 19.4 Å². The van der Waals surface area contributed by atoms with E-state index in [0.29, 0.717) is 31.5 Å². The summed E-state index contributed by atoms with van der Waals surface area (Å²) in [5.74, 6) is -0.957. The lowest BCUT2D eigenvalue weighted by molar-refractivity contribution is -0.161. The molecule has 1 rings (SSSR count). The molecule has 0 saturated carbocycles. The summed E-state index contributed by atoms with van der Waals surface area (Å²) in [7, 11) is -4.78. The molecule has 1 fully saturated rings. The highest BCUT2D eigenvalue weighted by molar-refractivity contribution is 7.46. The second kappa shape index (κ2) is 36.3. The Morgan fingerprint density at radius 3 is 1.60 bits per heavy atom. The first kappa shape index (κ1) is 51.0. The monoisotopic (exact) mass is 795 g/mol. The molecule has 55 heavy (non-hydrogen) atoms. The number of epoxide rings is 1. The standard InChI is InChI=1S/C45H79O9P/c1-3-5-7-9-11-12-13-14-15-16-17-18-19-20-21-22-25-29-33-37-44(46)51-39-41(40-52-55(48,49)50)53-45(47)38-34-30-26-23-24-28-32-36-43-42(54-43)35-31-27-10-8-6-4-2/h14-15,23,26-28,31-32,41-43H,3-13,16-22,24-25,29-30,33-40H2,1-2H3,(H2,48,49,50)/b15-14-,26-23-,31-27-,32-28-/t41-,42?,43?/m1/s1. The molecule has 1 aliphatic rings. The SMILES string of the molecule is CCCCC/C=C\CC1OC1C/C=C\C/C=C\CCCC(=O)O[C@H](COC(=O)CCCCCCCCCCC/C=C\CCCCCCCC)COP(=O)(O)O. The maximum absolute atomic E-state index is 12.4. The number of allylic oxidation sites excluding steroid dienone is 6. The number of phosphoric ester groups is 1. The largest absolute Gasteiger partial charge is 0.469 e. The first-order valence-corrected chi connectivity index (χ1v) is 23.6. The molecule has 9 nitrogen and oxygen atoms in total. The summed E-state index contributed by atoms with van der Waals surface area (Å²) >= 11 is 0. The van der Waals surface area contributed by atoms with Crippen LogP contribution in [0.2, 0.25) is 0 Å². The van der Waals surface area contributed by atoms with Crippen LogP contribution in [0.25, 0.3) is 0 Å². The average Bonchev–Trinajstić information content (AvgIpc) is 3.91. The molecule has 1 heterocycles. The minimum atomic E-state index is -4.78. The predicted molar refractivity (Wildman–Crippen MR) is 225 cm³/mol. The van der Waals surface area contributed by atoms with Crippen LogP contribution in [0.15, 0.2) is 48.6 Å². The Balaban J connectivity index is 2.08. The lowest BCUT2D eigenvalue weighted by Gasteiger charge is -2.18. The van der Waals surface area contributed by atoms with E-state index >= 15 is 0 Å². The van der Waals surface area contributed by atoms with Crippen LogP contribution in [-0.4, -0.2) is 53.3 Å². The molecule has 0 aromatic heterocycles. The average molecular weight is 795 g/mol. The van der Waals surface area contributed by atoms with E-state index in [2.05, 4.69) is 60.9 Å². The first-order chi connectivity index (χ1) is 26.7. The van der Waals surface area contributed by atoms with Crippen LogP contribution in [0, 0.1) is 0 Å².